The number of aryl methyl sites for hydroxylation is 2. The molecule has 8 nitrogen and oxygen atoms in total. The van der Waals surface area contributed by atoms with Crippen molar-refractivity contribution >= 4 is 44.2 Å². The SMILES string of the molecule is Cc1cc(Cl)c2cc(C(=O)N[C@H](C)c3ccc(S(=O)(=O)C4(C(=O)O)CCOCC4)cc3)n(C)c2c1. The molecule has 35 heavy (non-hydrogen) atoms. The van der Waals surface area contributed by atoms with Crippen LogP contribution in [-0.2, 0) is 26.4 Å². The fraction of sp³-hybridized carbons (Fsp3) is 0.360. The number of aromatic nitrogens is 1. The number of benzene rings is 2. The molecule has 0 unspecified atom stereocenters. The molecule has 1 saturated heterocycles. The summed E-state index contributed by atoms with van der Waals surface area (Å²) in [6, 6.07) is 11.1. The van der Waals surface area contributed by atoms with E-state index in [4.69, 9.17) is 16.3 Å². The second-order valence-corrected chi connectivity index (χ2v) is 11.6. The molecule has 2 heterocycles. The van der Waals surface area contributed by atoms with Crippen LogP contribution < -0.4 is 5.32 Å². The summed E-state index contributed by atoms with van der Waals surface area (Å²) in [5.41, 5.74) is 2.97. The maximum atomic E-state index is 13.2. The number of halogens is 1. The zero-order chi connectivity index (χ0) is 25.5. The standard InChI is InChI=1S/C25H27ClN2O6S/c1-15-12-20(26)19-14-22(28(3)21(19)13-15)23(29)27-16(2)17-4-6-18(7-5-17)35(32,33)25(24(30)31)8-10-34-11-9-25/h4-7,12-14,16H,8-11H2,1-3H3,(H,27,29)(H,30,31)/t16-/m1/s1. The third-order valence-corrected chi connectivity index (χ3v) is 9.55. The number of rotatable bonds is 6. The van der Waals surface area contributed by atoms with E-state index in [0.717, 1.165) is 16.5 Å². The van der Waals surface area contributed by atoms with Crippen LogP contribution in [0.3, 0.4) is 0 Å². The first-order valence-electron chi connectivity index (χ1n) is 11.2. The fourth-order valence-electron chi connectivity index (χ4n) is 4.55. The number of nitrogens with one attached hydrogen (secondary N) is 1. The third kappa shape index (κ3) is 4.32. The number of aliphatic carboxylic acids is 1. The molecule has 4 rings (SSSR count). The van der Waals surface area contributed by atoms with E-state index in [0.29, 0.717) is 16.3 Å². The van der Waals surface area contributed by atoms with Crippen molar-refractivity contribution < 1.29 is 27.9 Å². The van der Waals surface area contributed by atoms with Gasteiger partial charge in [0.15, 0.2) is 14.6 Å². The Morgan fingerprint density at radius 1 is 1.14 bits per heavy atom. The maximum absolute atomic E-state index is 13.2. The molecular weight excluding hydrogens is 492 g/mol. The number of hydrogen-bond acceptors (Lipinski definition) is 5. The topological polar surface area (TPSA) is 115 Å². The van der Waals surface area contributed by atoms with E-state index in [1.165, 1.54) is 12.1 Å². The number of amides is 1. The van der Waals surface area contributed by atoms with Crippen molar-refractivity contribution in [1.29, 1.82) is 0 Å². The molecule has 2 N–H and O–H groups in total. The molecule has 186 valence electrons. The van der Waals surface area contributed by atoms with Crippen LogP contribution in [0.5, 0.6) is 0 Å². The number of hydrogen-bond donors (Lipinski definition) is 2. The lowest BCUT2D eigenvalue weighted by molar-refractivity contribution is -0.142. The van der Waals surface area contributed by atoms with Gasteiger partial charge >= 0.3 is 5.97 Å². The molecule has 1 amide bonds. The van der Waals surface area contributed by atoms with Crippen LogP contribution in [0.4, 0.5) is 0 Å². The Hall–Kier alpha value is -2.88. The molecule has 0 bridgehead atoms. The van der Waals surface area contributed by atoms with Gasteiger partial charge in [0.05, 0.1) is 21.5 Å². The minimum absolute atomic E-state index is 0.0669. The number of ether oxygens (including phenoxy) is 1. The number of carboxylic acids is 1. The Morgan fingerprint density at radius 3 is 2.37 bits per heavy atom. The summed E-state index contributed by atoms with van der Waals surface area (Å²) in [7, 11) is -2.34. The van der Waals surface area contributed by atoms with Crippen LogP contribution in [0.25, 0.3) is 10.9 Å². The minimum Gasteiger partial charge on any atom is -0.480 e. The van der Waals surface area contributed by atoms with E-state index in [1.54, 1.807) is 36.7 Å². The van der Waals surface area contributed by atoms with Gasteiger partial charge in [0.25, 0.3) is 5.91 Å². The van der Waals surface area contributed by atoms with Crippen molar-refractivity contribution in [3.63, 3.8) is 0 Å². The van der Waals surface area contributed by atoms with Crippen LogP contribution in [0.2, 0.25) is 5.02 Å². The maximum Gasteiger partial charge on any atom is 0.325 e. The monoisotopic (exact) mass is 518 g/mol. The van der Waals surface area contributed by atoms with Crippen molar-refractivity contribution in [2.75, 3.05) is 13.2 Å². The summed E-state index contributed by atoms with van der Waals surface area (Å²) >= 11 is 6.35. The molecule has 1 aromatic heterocycles. The molecule has 0 saturated carbocycles. The van der Waals surface area contributed by atoms with E-state index in [2.05, 4.69) is 5.32 Å². The summed E-state index contributed by atoms with van der Waals surface area (Å²) in [6.45, 7) is 3.87. The molecule has 1 atom stereocenters. The number of sulfone groups is 1. The van der Waals surface area contributed by atoms with Crippen LogP contribution in [0.15, 0.2) is 47.4 Å². The van der Waals surface area contributed by atoms with Gasteiger partial charge in [-0.2, -0.15) is 0 Å². The zero-order valence-electron chi connectivity index (χ0n) is 19.7. The molecular formula is C25H27ClN2O6S. The van der Waals surface area contributed by atoms with Crippen LogP contribution in [0.1, 0.15) is 47.4 Å². The van der Waals surface area contributed by atoms with Gasteiger partial charge < -0.3 is 19.7 Å². The summed E-state index contributed by atoms with van der Waals surface area (Å²) in [5.74, 6) is -1.66. The third-order valence-electron chi connectivity index (χ3n) is 6.73. The molecule has 10 heteroatoms. The number of nitrogens with zero attached hydrogens (tertiary/aromatic N) is 1. The van der Waals surface area contributed by atoms with Gasteiger partial charge in [-0.15, -0.1) is 0 Å². The molecule has 0 spiro atoms. The highest BCUT2D eigenvalue weighted by atomic mass is 35.5. The highest BCUT2D eigenvalue weighted by Gasteiger charge is 2.52. The number of carboxylic acid groups (broad SMARTS) is 1. The van der Waals surface area contributed by atoms with Crippen molar-refractivity contribution in [3.05, 3.63) is 64.3 Å². The molecule has 2 aromatic carbocycles. The molecule has 1 fully saturated rings. The predicted molar refractivity (Wildman–Crippen MR) is 133 cm³/mol. The Labute approximate surface area is 208 Å². The van der Waals surface area contributed by atoms with E-state index in [9.17, 15) is 23.1 Å². The lowest BCUT2D eigenvalue weighted by atomic mass is 9.99. The Morgan fingerprint density at radius 2 is 1.77 bits per heavy atom. The Bertz CT molecular complexity index is 1410. The van der Waals surface area contributed by atoms with Crippen molar-refractivity contribution in [2.24, 2.45) is 7.05 Å². The van der Waals surface area contributed by atoms with Crippen molar-refractivity contribution in [3.8, 4) is 0 Å². The van der Waals surface area contributed by atoms with Gasteiger partial charge in [0.2, 0.25) is 0 Å². The second-order valence-electron chi connectivity index (χ2n) is 8.95. The van der Waals surface area contributed by atoms with Gasteiger partial charge in [-0.25, -0.2) is 8.42 Å². The number of fused-ring (bicyclic) bond motifs is 1. The van der Waals surface area contributed by atoms with Gasteiger partial charge in [-0.3, -0.25) is 9.59 Å². The molecule has 3 aromatic rings. The normalized spacial score (nSPS) is 16.7. The first-order valence-corrected chi connectivity index (χ1v) is 13.1. The van der Waals surface area contributed by atoms with Crippen LogP contribution in [0, 0.1) is 6.92 Å². The van der Waals surface area contributed by atoms with Gasteiger partial charge in [0.1, 0.15) is 5.69 Å². The summed E-state index contributed by atoms with van der Waals surface area (Å²) in [5, 5.41) is 14.0. The van der Waals surface area contributed by atoms with Gasteiger partial charge in [-0.1, -0.05) is 23.7 Å². The summed E-state index contributed by atoms with van der Waals surface area (Å²) in [6.07, 6.45) is -0.207. The van der Waals surface area contributed by atoms with Crippen molar-refractivity contribution in [2.45, 2.75) is 42.4 Å². The average molecular weight is 519 g/mol. The van der Waals surface area contributed by atoms with Crippen LogP contribution in [-0.4, -0.2) is 47.9 Å². The second kappa shape index (κ2) is 9.29. The van der Waals surface area contributed by atoms with Gasteiger partial charge in [0, 0.05) is 38.5 Å². The average Bonchev–Trinajstić information content (AvgIpc) is 3.16. The highest BCUT2D eigenvalue weighted by Crippen LogP contribution is 2.36. The van der Waals surface area contributed by atoms with Crippen LogP contribution >= 0.6 is 11.6 Å². The first-order chi connectivity index (χ1) is 16.5. The molecule has 0 radical (unpaired) electrons. The van der Waals surface area contributed by atoms with E-state index >= 15 is 0 Å². The Balaban J connectivity index is 1.56. The van der Waals surface area contributed by atoms with E-state index in [-0.39, 0.29) is 36.9 Å². The lowest BCUT2D eigenvalue weighted by Crippen LogP contribution is -2.50. The summed E-state index contributed by atoms with van der Waals surface area (Å²) < 4.78 is 31.6. The van der Waals surface area contributed by atoms with Gasteiger partial charge in [-0.05, 0) is 55.3 Å². The highest BCUT2D eigenvalue weighted by molar-refractivity contribution is 7.93. The zero-order valence-corrected chi connectivity index (χ0v) is 21.2. The largest absolute Gasteiger partial charge is 0.480 e. The van der Waals surface area contributed by atoms with E-state index in [1.807, 2.05) is 19.1 Å². The van der Waals surface area contributed by atoms with Crippen molar-refractivity contribution in [1.82, 2.24) is 9.88 Å². The number of carbonyl (C=O) groups excluding carboxylic acids is 1. The first kappa shape index (κ1) is 25.2. The fourth-order valence-corrected chi connectivity index (χ4v) is 6.75. The lowest BCUT2D eigenvalue weighted by Gasteiger charge is -2.32. The quantitative estimate of drug-likeness (QED) is 0.509. The van der Waals surface area contributed by atoms with E-state index < -0.39 is 26.6 Å². The molecule has 0 aliphatic carbocycles. The molecule has 1 aliphatic heterocycles. The smallest absolute Gasteiger partial charge is 0.325 e. The summed E-state index contributed by atoms with van der Waals surface area (Å²) in [4.78, 5) is 24.9. The molecule has 1 aliphatic rings. The minimum atomic E-state index is -4.14. The number of carbonyl (C=O) groups is 2. The predicted octanol–water partition coefficient (Wildman–Crippen LogP) is 4.04. The Kier molecular flexibility index (Phi) is 6.70.